The SMILES string of the molecule is O=[N+]([O-])c1cccc(S(=O)(=O)Nc2cccc(Br)c2)c1. The number of benzene rings is 2. The highest BCUT2D eigenvalue weighted by atomic mass is 79.9. The molecule has 8 heteroatoms. The highest BCUT2D eigenvalue weighted by Crippen LogP contribution is 2.22. The van der Waals surface area contributed by atoms with Crippen LogP contribution in [0.1, 0.15) is 0 Å². The molecule has 0 saturated carbocycles. The van der Waals surface area contributed by atoms with Gasteiger partial charge < -0.3 is 0 Å². The van der Waals surface area contributed by atoms with E-state index in [0.717, 1.165) is 10.5 Å². The van der Waals surface area contributed by atoms with Gasteiger partial charge in [-0.2, -0.15) is 0 Å². The maximum atomic E-state index is 12.1. The van der Waals surface area contributed by atoms with Gasteiger partial charge >= 0.3 is 0 Å². The van der Waals surface area contributed by atoms with Gasteiger partial charge in [0.15, 0.2) is 0 Å². The van der Waals surface area contributed by atoms with Gasteiger partial charge in [0.25, 0.3) is 15.7 Å². The number of nitro benzene ring substituents is 1. The third-order valence-electron chi connectivity index (χ3n) is 2.42. The predicted octanol–water partition coefficient (Wildman–Crippen LogP) is 3.16. The van der Waals surface area contributed by atoms with Gasteiger partial charge in [-0.15, -0.1) is 0 Å². The number of nitrogens with one attached hydrogen (secondary N) is 1. The van der Waals surface area contributed by atoms with Gasteiger partial charge in [0.2, 0.25) is 0 Å². The second-order valence-electron chi connectivity index (χ2n) is 3.87. The first-order valence-corrected chi connectivity index (χ1v) is 7.69. The lowest BCUT2D eigenvalue weighted by atomic mass is 10.3. The van der Waals surface area contributed by atoms with Crippen molar-refractivity contribution in [3.8, 4) is 0 Å². The fourth-order valence-corrected chi connectivity index (χ4v) is 3.02. The first-order valence-electron chi connectivity index (χ1n) is 5.41. The van der Waals surface area contributed by atoms with E-state index in [4.69, 9.17) is 0 Å². The van der Waals surface area contributed by atoms with Crippen LogP contribution in [0.3, 0.4) is 0 Å². The van der Waals surface area contributed by atoms with Crippen LogP contribution < -0.4 is 4.72 Å². The lowest BCUT2D eigenvalue weighted by molar-refractivity contribution is -0.385. The van der Waals surface area contributed by atoms with Crippen molar-refractivity contribution < 1.29 is 13.3 Å². The van der Waals surface area contributed by atoms with E-state index in [1.807, 2.05) is 0 Å². The van der Waals surface area contributed by atoms with E-state index in [9.17, 15) is 18.5 Å². The maximum absolute atomic E-state index is 12.1. The number of sulfonamides is 1. The number of rotatable bonds is 4. The number of hydrogen-bond donors (Lipinski definition) is 1. The van der Waals surface area contributed by atoms with Crippen LogP contribution in [0.15, 0.2) is 57.9 Å². The molecule has 0 radical (unpaired) electrons. The van der Waals surface area contributed by atoms with E-state index < -0.39 is 14.9 Å². The van der Waals surface area contributed by atoms with Crippen LogP contribution in [0.25, 0.3) is 0 Å². The number of nitrogens with zero attached hydrogens (tertiary/aromatic N) is 1. The summed E-state index contributed by atoms with van der Waals surface area (Å²) in [6.07, 6.45) is 0. The molecule has 2 aromatic carbocycles. The van der Waals surface area contributed by atoms with Crippen molar-refractivity contribution in [1.82, 2.24) is 0 Å². The minimum absolute atomic E-state index is 0.160. The molecular weight excluding hydrogens is 348 g/mol. The summed E-state index contributed by atoms with van der Waals surface area (Å²) >= 11 is 3.23. The Morgan fingerprint density at radius 2 is 1.80 bits per heavy atom. The molecule has 0 fully saturated rings. The molecule has 2 aromatic rings. The van der Waals surface area contributed by atoms with Crippen molar-refractivity contribution in [3.63, 3.8) is 0 Å². The topological polar surface area (TPSA) is 89.3 Å². The average Bonchev–Trinajstić information content (AvgIpc) is 2.38. The zero-order chi connectivity index (χ0) is 14.8. The molecule has 0 saturated heterocycles. The molecule has 0 spiro atoms. The maximum Gasteiger partial charge on any atom is 0.270 e. The molecule has 0 heterocycles. The number of anilines is 1. The van der Waals surface area contributed by atoms with Crippen molar-refractivity contribution in [2.75, 3.05) is 4.72 Å². The van der Waals surface area contributed by atoms with E-state index in [1.54, 1.807) is 24.3 Å². The highest BCUT2D eigenvalue weighted by Gasteiger charge is 2.17. The van der Waals surface area contributed by atoms with Crippen molar-refractivity contribution in [2.24, 2.45) is 0 Å². The fraction of sp³-hybridized carbons (Fsp3) is 0. The fourth-order valence-electron chi connectivity index (χ4n) is 1.53. The smallest absolute Gasteiger partial charge is 0.270 e. The molecule has 6 nitrogen and oxygen atoms in total. The molecule has 0 atom stereocenters. The molecule has 0 aliphatic carbocycles. The van der Waals surface area contributed by atoms with Gasteiger partial charge in [0.05, 0.1) is 9.82 Å². The Balaban J connectivity index is 2.35. The van der Waals surface area contributed by atoms with Gasteiger partial charge in [-0.3, -0.25) is 14.8 Å². The molecule has 0 aromatic heterocycles. The lowest BCUT2D eigenvalue weighted by Crippen LogP contribution is -2.13. The van der Waals surface area contributed by atoms with Gasteiger partial charge in [-0.1, -0.05) is 28.1 Å². The normalized spacial score (nSPS) is 11.1. The molecule has 1 N–H and O–H groups in total. The zero-order valence-electron chi connectivity index (χ0n) is 9.99. The largest absolute Gasteiger partial charge is 0.280 e. The Hall–Kier alpha value is -1.93. The monoisotopic (exact) mass is 356 g/mol. The van der Waals surface area contributed by atoms with Crippen molar-refractivity contribution in [2.45, 2.75) is 4.90 Å². The summed E-state index contributed by atoms with van der Waals surface area (Å²) in [4.78, 5) is 9.87. The van der Waals surface area contributed by atoms with Crippen LogP contribution in [-0.4, -0.2) is 13.3 Å². The van der Waals surface area contributed by atoms with Crippen LogP contribution in [0.4, 0.5) is 11.4 Å². The standard InChI is InChI=1S/C12H9BrN2O4S/c13-9-3-1-4-10(7-9)14-20(18,19)12-6-2-5-11(8-12)15(16)17/h1-8,14H. The van der Waals surface area contributed by atoms with Crippen LogP contribution in [0.5, 0.6) is 0 Å². The van der Waals surface area contributed by atoms with Crippen LogP contribution in [-0.2, 0) is 10.0 Å². The molecule has 0 aliphatic heterocycles. The Morgan fingerprint density at radius 3 is 2.45 bits per heavy atom. The second kappa shape index (κ2) is 5.59. The summed E-state index contributed by atoms with van der Waals surface area (Å²) in [5.41, 5.74) is 0.0907. The molecule has 0 bridgehead atoms. The minimum atomic E-state index is -3.86. The Labute approximate surface area is 123 Å². The number of hydrogen-bond acceptors (Lipinski definition) is 4. The quantitative estimate of drug-likeness (QED) is 0.672. The Kier molecular flexibility index (Phi) is 4.05. The van der Waals surface area contributed by atoms with E-state index in [1.165, 1.54) is 18.2 Å². The lowest BCUT2D eigenvalue weighted by Gasteiger charge is -2.08. The van der Waals surface area contributed by atoms with Crippen molar-refractivity contribution in [1.29, 1.82) is 0 Å². The Bertz CT molecular complexity index is 762. The summed E-state index contributed by atoms with van der Waals surface area (Å²) < 4.78 is 27.4. The van der Waals surface area contributed by atoms with Gasteiger partial charge in [-0.25, -0.2) is 8.42 Å². The molecule has 104 valence electrons. The average molecular weight is 357 g/mol. The molecule has 0 amide bonds. The van der Waals surface area contributed by atoms with Crippen molar-refractivity contribution in [3.05, 3.63) is 63.1 Å². The van der Waals surface area contributed by atoms with Crippen LogP contribution in [0, 0.1) is 10.1 Å². The summed E-state index contributed by atoms with van der Waals surface area (Å²) in [5, 5.41) is 10.7. The van der Waals surface area contributed by atoms with Gasteiger partial charge in [-0.05, 0) is 24.3 Å². The Morgan fingerprint density at radius 1 is 1.10 bits per heavy atom. The zero-order valence-corrected chi connectivity index (χ0v) is 12.4. The van der Waals surface area contributed by atoms with Gasteiger partial charge in [0, 0.05) is 22.3 Å². The van der Waals surface area contributed by atoms with Crippen LogP contribution in [0.2, 0.25) is 0 Å². The third-order valence-corrected chi connectivity index (χ3v) is 4.29. The number of non-ortho nitro benzene ring substituents is 1. The van der Waals surface area contributed by atoms with E-state index in [0.29, 0.717) is 5.69 Å². The molecule has 0 aliphatic rings. The number of halogens is 1. The van der Waals surface area contributed by atoms with E-state index in [-0.39, 0.29) is 10.6 Å². The predicted molar refractivity (Wildman–Crippen MR) is 78.0 cm³/mol. The molecule has 20 heavy (non-hydrogen) atoms. The van der Waals surface area contributed by atoms with Crippen molar-refractivity contribution >= 4 is 37.3 Å². The summed E-state index contributed by atoms with van der Waals surface area (Å²) in [6.45, 7) is 0. The van der Waals surface area contributed by atoms with E-state index >= 15 is 0 Å². The summed E-state index contributed by atoms with van der Waals surface area (Å²) in [6, 6.07) is 11.5. The minimum Gasteiger partial charge on any atom is -0.280 e. The highest BCUT2D eigenvalue weighted by molar-refractivity contribution is 9.10. The molecular formula is C12H9BrN2O4S. The first kappa shape index (κ1) is 14.5. The number of nitro groups is 1. The van der Waals surface area contributed by atoms with E-state index in [2.05, 4.69) is 20.7 Å². The van der Waals surface area contributed by atoms with Gasteiger partial charge in [0.1, 0.15) is 0 Å². The molecule has 2 rings (SSSR count). The summed E-state index contributed by atoms with van der Waals surface area (Å²) in [7, 11) is -3.86. The van der Waals surface area contributed by atoms with Crippen LogP contribution >= 0.6 is 15.9 Å². The third kappa shape index (κ3) is 3.34. The molecule has 0 unspecified atom stereocenters. The summed E-state index contributed by atoms with van der Waals surface area (Å²) in [5.74, 6) is 0. The first-order chi connectivity index (χ1) is 9.38. The second-order valence-corrected chi connectivity index (χ2v) is 6.47.